The molecule has 0 spiro atoms. The molecule has 1 amide bonds. The molecule has 0 bridgehead atoms. The smallest absolute Gasteiger partial charge is 0.411 e. The number of carbonyl (C=O) groups is 1. The lowest BCUT2D eigenvalue weighted by atomic mass is 10.3. The van der Waals surface area contributed by atoms with Gasteiger partial charge in [0.2, 0.25) is 10.0 Å². The highest BCUT2D eigenvalue weighted by molar-refractivity contribution is 7.89. The zero-order valence-corrected chi connectivity index (χ0v) is 14.8. The number of rotatable bonds is 7. The molecule has 1 aromatic carbocycles. The fourth-order valence-corrected chi connectivity index (χ4v) is 3.99. The predicted molar refractivity (Wildman–Crippen MR) is 90.8 cm³/mol. The van der Waals surface area contributed by atoms with E-state index in [1.54, 1.807) is 13.8 Å². The highest BCUT2D eigenvalue weighted by Crippen LogP contribution is 2.29. The van der Waals surface area contributed by atoms with E-state index in [0.717, 1.165) is 25.7 Å². The van der Waals surface area contributed by atoms with Gasteiger partial charge in [0, 0.05) is 6.04 Å². The van der Waals surface area contributed by atoms with Crippen LogP contribution in [0.1, 0.15) is 39.5 Å². The van der Waals surface area contributed by atoms with Crippen LogP contribution in [0.15, 0.2) is 23.1 Å². The molecule has 1 aliphatic carbocycles. The topological polar surface area (TPSA) is 93.7 Å². The zero-order chi connectivity index (χ0) is 17.6. The molecule has 0 aliphatic heterocycles. The second-order valence-electron chi connectivity index (χ2n) is 5.54. The Morgan fingerprint density at radius 1 is 1.21 bits per heavy atom. The first-order valence-corrected chi connectivity index (χ1v) is 9.67. The van der Waals surface area contributed by atoms with Crippen LogP contribution in [0.5, 0.6) is 5.75 Å². The summed E-state index contributed by atoms with van der Waals surface area (Å²) in [6.07, 6.45) is 3.11. The van der Waals surface area contributed by atoms with Crippen LogP contribution in [0.4, 0.5) is 10.5 Å². The normalized spacial score (nSPS) is 15.2. The van der Waals surface area contributed by atoms with Crippen LogP contribution in [0.25, 0.3) is 0 Å². The average molecular weight is 356 g/mol. The molecule has 1 aliphatic rings. The summed E-state index contributed by atoms with van der Waals surface area (Å²) in [4.78, 5) is 11.7. The third kappa shape index (κ3) is 4.85. The van der Waals surface area contributed by atoms with Gasteiger partial charge in [-0.05, 0) is 44.9 Å². The van der Waals surface area contributed by atoms with Gasteiger partial charge in [-0.15, -0.1) is 0 Å². The van der Waals surface area contributed by atoms with E-state index in [0.29, 0.717) is 12.4 Å². The van der Waals surface area contributed by atoms with Crippen molar-refractivity contribution in [3.05, 3.63) is 18.2 Å². The Bertz CT molecular complexity index is 669. The van der Waals surface area contributed by atoms with E-state index in [2.05, 4.69) is 10.0 Å². The number of carbonyl (C=O) groups excluding carboxylic acids is 1. The number of sulfonamides is 1. The van der Waals surface area contributed by atoms with Gasteiger partial charge in [-0.1, -0.05) is 12.8 Å². The Hall–Kier alpha value is -1.80. The maximum absolute atomic E-state index is 12.5. The number of nitrogens with one attached hydrogen (secondary N) is 2. The second-order valence-corrected chi connectivity index (χ2v) is 7.25. The first-order valence-electron chi connectivity index (χ1n) is 8.19. The first-order chi connectivity index (χ1) is 11.5. The summed E-state index contributed by atoms with van der Waals surface area (Å²) in [5.41, 5.74) is 0.268. The van der Waals surface area contributed by atoms with Crippen molar-refractivity contribution < 1.29 is 22.7 Å². The van der Waals surface area contributed by atoms with Crippen LogP contribution in [0, 0.1) is 0 Å². The Balaban J connectivity index is 2.24. The van der Waals surface area contributed by atoms with Gasteiger partial charge >= 0.3 is 6.09 Å². The van der Waals surface area contributed by atoms with Gasteiger partial charge in [-0.25, -0.2) is 17.9 Å². The molecule has 134 valence electrons. The number of amides is 1. The Morgan fingerprint density at radius 3 is 2.54 bits per heavy atom. The van der Waals surface area contributed by atoms with E-state index in [-0.39, 0.29) is 23.2 Å². The van der Waals surface area contributed by atoms with Gasteiger partial charge in [0.05, 0.1) is 23.8 Å². The molecular weight excluding hydrogens is 332 g/mol. The lowest BCUT2D eigenvalue weighted by Gasteiger charge is -2.15. The molecule has 7 nitrogen and oxygen atoms in total. The summed E-state index contributed by atoms with van der Waals surface area (Å²) in [6.45, 7) is 4.11. The molecule has 0 unspecified atom stereocenters. The van der Waals surface area contributed by atoms with Crippen molar-refractivity contribution in [3.63, 3.8) is 0 Å². The molecule has 0 heterocycles. The van der Waals surface area contributed by atoms with Gasteiger partial charge in [0.15, 0.2) is 0 Å². The molecule has 2 N–H and O–H groups in total. The molecule has 1 saturated carbocycles. The minimum atomic E-state index is -3.64. The van der Waals surface area contributed by atoms with Crippen LogP contribution in [0.3, 0.4) is 0 Å². The highest BCUT2D eigenvalue weighted by atomic mass is 32.2. The van der Waals surface area contributed by atoms with E-state index in [1.807, 2.05) is 0 Å². The van der Waals surface area contributed by atoms with E-state index in [1.165, 1.54) is 18.2 Å². The lowest BCUT2D eigenvalue weighted by molar-refractivity contribution is 0.167. The van der Waals surface area contributed by atoms with Crippen molar-refractivity contribution >= 4 is 21.8 Å². The summed E-state index contributed by atoms with van der Waals surface area (Å²) >= 11 is 0. The van der Waals surface area contributed by atoms with Crippen molar-refractivity contribution in [3.8, 4) is 5.75 Å². The maximum atomic E-state index is 12.5. The fourth-order valence-electron chi connectivity index (χ4n) is 2.66. The molecule has 1 fully saturated rings. The summed E-state index contributed by atoms with van der Waals surface area (Å²) < 4.78 is 38.0. The number of anilines is 1. The Labute approximate surface area is 142 Å². The Kier molecular flexibility index (Phi) is 6.44. The van der Waals surface area contributed by atoms with Crippen LogP contribution in [-0.4, -0.2) is 33.8 Å². The molecule has 0 saturated heterocycles. The molecule has 8 heteroatoms. The molecule has 24 heavy (non-hydrogen) atoms. The standard InChI is InChI=1S/C16H24N2O5S/c1-3-22-15-10-9-13(11-14(15)17-16(19)23-4-2)24(20,21)18-12-7-5-6-8-12/h9-12,18H,3-8H2,1-2H3,(H,17,19). The van der Waals surface area contributed by atoms with Gasteiger partial charge < -0.3 is 9.47 Å². The largest absolute Gasteiger partial charge is 0.492 e. The number of hydrogen-bond acceptors (Lipinski definition) is 5. The van der Waals surface area contributed by atoms with Gasteiger partial charge in [0.25, 0.3) is 0 Å². The average Bonchev–Trinajstić information content (AvgIpc) is 3.01. The number of hydrogen-bond donors (Lipinski definition) is 2. The molecule has 2 rings (SSSR count). The van der Waals surface area contributed by atoms with Crippen molar-refractivity contribution in [1.82, 2.24) is 4.72 Å². The monoisotopic (exact) mass is 356 g/mol. The first kappa shape index (κ1) is 18.5. The van der Waals surface area contributed by atoms with Crippen LogP contribution >= 0.6 is 0 Å². The van der Waals surface area contributed by atoms with E-state index >= 15 is 0 Å². The van der Waals surface area contributed by atoms with Crippen molar-refractivity contribution in [2.45, 2.75) is 50.5 Å². The quantitative estimate of drug-likeness (QED) is 0.783. The van der Waals surface area contributed by atoms with E-state index in [9.17, 15) is 13.2 Å². The molecule has 0 radical (unpaired) electrons. The van der Waals surface area contributed by atoms with Crippen molar-refractivity contribution in [2.24, 2.45) is 0 Å². The summed E-state index contributed by atoms with van der Waals surface area (Å²) in [7, 11) is -3.64. The predicted octanol–water partition coefficient (Wildman–Crippen LogP) is 2.87. The maximum Gasteiger partial charge on any atom is 0.411 e. The molecule has 0 atom stereocenters. The van der Waals surface area contributed by atoms with Gasteiger partial charge in [0.1, 0.15) is 5.75 Å². The third-order valence-corrected chi connectivity index (χ3v) is 5.27. The van der Waals surface area contributed by atoms with Crippen molar-refractivity contribution in [1.29, 1.82) is 0 Å². The Morgan fingerprint density at radius 2 is 1.92 bits per heavy atom. The minimum absolute atomic E-state index is 0.0250. The zero-order valence-electron chi connectivity index (χ0n) is 14.0. The fraction of sp³-hybridized carbons (Fsp3) is 0.562. The lowest BCUT2D eigenvalue weighted by Crippen LogP contribution is -2.32. The molecular formula is C16H24N2O5S. The number of benzene rings is 1. The second kappa shape index (κ2) is 8.34. The van der Waals surface area contributed by atoms with E-state index < -0.39 is 16.1 Å². The van der Waals surface area contributed by atoms with Crippen LogP contribution in [0.2, 0.25) is 0 Å². The summed E-state index contributed by atoms with van der Waals surface area (Å²) in [5, 5.41) is 2.52. The summed E-state index contributed by atoms with van der Waals surface area (Å²) in [5.74, 6) is 0.394. The van der Waals surface area contributed by atoms with Crippen molar-refractivity contribution in [2.75, 3.05) is 18.5 Å². The van der Waals surface area contributed by atoms with Gasteiger partial charge in [-0.3, -0.25) is 5.32 Å². The summed E-state index contributed by atoms with van der Waals surface area (Å²) in [6, 6.07) is 4.37. The van der Waals surface area contributed by atoms with E-state index in [4.69, 9.17) is 9.47 Å². The number of ether oxygens (including phenoxy) is 2. The van der Waals surface area contributed by atoms with Crippen LogP contribution in [-0.2, 0) is 14.8 Å². The highest BCUT2D eigenvalue weighted by Gasteiger charge is 2.24. The molecule has 1 aromatic rings. The van der Waals surface area contributed by atoms with Gasteiger partial charge in [-0.2, -0.15) is 0 Å². The van der Waals surface area contributed by atoms with Crippen LogP contribution < -0.4 is 14.8 Å². The molecule has 0 aromatic heterocycles. The third-order valence-electron chi connectivity index (χ3n) is 3.75. The minimum Gasteiger partial charge on any atom is -0.492 e. The SMILES string of the molecule is CCOC(=O)Nc1cc(S(=O)(=O)NC2CCCC2)ccc1OCC.